The lowest BCUT2D eigenvalue weighted by Crippen LogP contribution is -2.49. The van der Waals surface area contributed by atoms with E-state index in [0.29, 0.717) is 18.8 Å². The number of nitrogens with two attached hydrogens (primary N) is 1. The van der Waals surface area contributed by atoms with Crippen LogP contribution in [-0.4, -0.2) is 59.7 Å². The monoisotopic (exact) mass is 328 g/mol. The van der Waals surface area contributed by atoms with Crippen LogP contribution in [0.1, 0.15) is 12.6 Å². The highest BCUT2D eigenvalue weighted by molar-refractivity contribution is 7.89. The molecule has 1 aromatic heterocycles. The molecule has 1 aliphatic rings. The first kappa shape index (κ1) is 15.8. The smallest absolute Gasteiger partial charge is 0.244 e. The number of sulfonamides is 1. The number of hydrogen-bond acceptors (Lipinski definition) is 5. The Kier molecular flexibility index (Phi) is 4.55. The number of carbonyl (C=O) groups excluding carboxylic acids is 1. The molecule has 0 bridgehead atoms. The van der Waals surface area contributed by atoms with Gasteiger partial charge in [-0.2, -0.15) is 4.31 Å². The number of carbonyl (C=O) groups is 1. The maximum Gasteiger partial charge on any atom is 0.244 e. The summed E-state index contributed by atoms with van der Waals surface area (Å²) in [6.45, 7) is 2.82. The molecule has 0 radical (unpaired) electrons. The van der Waals surface area contributed by atoms with E-state index in [9.17, 15) is 13.2 Å². The summed E-state index contributed by atoms with van der Waals surface area (Å²) in [6.07, 6.45) is 1.25. The van der Waals surface area contributed by atoms with E-state index in [-0.39, 0.29) is 28.9 Å². The molecule has 0 atom stereocenters. The zero-order valence-corrected chi connectivity index (χ0v) is 13.2. The Balaban J connectivity index is 2.15. The molecule has 2 rings (SSSR count). The second kappa shape index (κ2) is 6.04. The second-order valence-electron chi connectivity index (χ2n) is 4.65. The molecule has 1 aromatic rings. The average Bonchev–Trinajstić information content (AvgIpc) is 2.47. The van der Waals surface area contributed by atoms with Gasteiger partial charge in [-0.15, -0.1) is 0 Å². The fourth-order valence-electron chi connectivity index (χ4n) is 2.07. The summed E-state index contributed by atoms with van der Waals surface area (Å²) in [6, 6.07) is 2.93. The third-order valence-corrected chi connectivity index (χ3v) is 5.40. The SMILES string of the molecule is CC(=O)N1CCN(S(=O)(=O)c2ccc(C(N)=S)nc2)CC1. The van der Waals surface area contributed by atoms with Crippen LogP contribution in [0.25, 0.3) is 0 Å². The molecule has 1 aliphatic heterocycles. The van der Waals surface area contributed by atoms with Gasteiger partial charge < -0.3 is 10.6 Å². The van der Waals surface area contributed by atoms with Crippen molar-refractivity contribution in [3.05, 3.63) is 24.0 Å². The van der Waals surface area contributed by atoms with Crippen molar-refractivity contribution in [2.24, 2.45) is 5.73 Å². The number of pyridine rings is 1. The van der Waals surface area contributed by atoms with Crippen LogP contribution in [0.5, 0.6) is 0 Å². The number of hydrogen-bond donors (Lipinski definition) is 1. The molecular formula is C12H16N4O3S2. The van der Waals surface area contributed by atoms with Crippen LogP contribution in [0.15, 0.2) is 23.2 Å². The quantitative estimate of drug-likeness (QED) is 0.756. The zero-order chi connectivity index (χ0) is 15.6. The van der Waals surface area contributed by atoms with Crippen molar-refractivity contribution >= 4 is 33.1 Å². The van der Waals surface area contributed by atoms with Crippen molar-refractivity contribution in [3.63, 3.8) is 0 Å². The minimum Gasteiger partial charge on any atom is -0.388 e. The van der Waals surface area contributed by atoms with Gasteiger partial charge in [0.15, 0.2) is 0 Å². The van der Waals surface area contributed by atoms with E-state index in [1.165, 1.54) is 29.6 Å². The largest absolute Gasteiger partial charge is 0.388 e. The second-order valence-corrected chi connectivity index (χ2v) is 7.03. The Morgan fingerprint density at radius 2 is 1.90 bits per heavy atom. The van der Waals surface area contributed by atoms with Crippen LogP contribution in [0.3, 0.4) is 0 Å². The van der Waals surface area contributed by atoms with E-state index in [0.717, 1.165) is 0 Å². The van der Waals surface area contributed by atoms with E-state index in [4.69, 9.17) is 18.0 Å². The molecule has 0 aromatic carbocycles. The fourth-order valence-corrected chi connectivity index (χ4v) is 3.56. The van der Waals surface area contributed by atoms with Crippen LogP contribution < -0.4 is 5.73 Å². The molecule has 2 N–H and O–H groups in total. The van der Waals surface area contributed by atoms with E-state index in [1.807, 2.05) is 0 Å². The van der Waals surface area contributed by atoms with Gasteiger partial charge in [-0.3, -0.25) is 9.78 Å². The Morgan fingerprint density at radius 1 is 1.29 bits per heavy atom. The number of thiocarbonyl (C=S) groups is 1. The van der Waals surface area contributed by atoms with Gasteiger partial charge in [0.1, 0.15) is 9.88 Å². The van der Waals surface area contributed by atoms with Gasteiger partial charge in [-0.25, -0.2) is 8.42 Å². The molecule has 0 saturated carbocycles. The summed E-state index contributed by atoms with van der Waals surface area (Å²) in [7, 11) is -3.60. The maximum atomic E-state index is 12.5. The van der Waals surface area contributed by atoms with Crippen molar-refractivity contribution in [3.8, 4) is 0 Å². The fraction of sp³-hybridized carbons (Fsp3) is 0.417. The lowest BCUT2D eigenvalue weighted by Gasteiger charge is -2.33. The highest BCUT2D eigenvalue weighted by Gasteiger charge is 2.29. The first-order chi connectivity index (χ1) is 9.82. The van der Waals surface area contributed by atoms with Gasteiger partial charge in [-0.1, -0.05) is 12.2 Å². The molecule has 1 saturated heterocycles. The lowest BCUT2D eigenvalue weighted by molar-refractivity contribution is -0.129. The lowest BCUT2D eigenvalue weighted by atomic mass is 10.3. The van der Waals surface area contributed by atoms with Crippen molar-refractivity contribution in [1.82, 2.24) is 14.2 Å². The van der Waals surface area contributed by atoms with E-state index >= 15 is 0 Å². The summed E-state index contributed by atoms with van der Waals surface area (Å²) in [5, 5.41) is 0. The molecule has 0 aliphatic carbocycles. The number of nitrogens with zero attached hydrogens (tertiary/aromatic N) is 3. The van der Waals surface area contributed by atoms with Crippen LogP contribution in [0, 0.1) is 0 Å². The summed E-state index contributed by atoms with van der Waals surface area (Å²) in [4.78, 5) is 17.0. The molecule has 114 valence electrons. The molecule has 0 spiro atoms. The average molecular weight is 328 g/mol. The summed E-state index contributed by atoms with van der Waals surface area (Å²) < 4.78 is 26.3. The van der Waals surface area contributed by atoms with Crippen LogP contribution in [-0.2, 0) is 14.8 Å². The minimum absolute atomic E-state index is 0.0467. The predicted octanol–water partition coefficient (Wildman–Crippen LogP) is -0.431. The van der Waals surface area contributed by atoms with Crippen molar-refractivity contribution in [2.45, 2.75) is 11.8 Å². The van der Waals surface area contributed by atoms with Crippen LogP contribution in [0.2, 0.25) is 0 Å². The predicted molar refractivity (Wildman–Crippen MR) is 81.1 cm³/mol. The van der Waals surface area contributed by atoms with Crippen LogP contribution >= 0.6 is 12.2 Å². The third-order valence-electron chi connectivity index (χ3n) is 3.31. The molecule has 0 unspecified atom stereocenters. The molecular weight excluding hydrogens is 312 g/mol. The Labute approximate surface area is 128 Å². The number of rotatable bonds is 3. The normalized spacial score (nSPS) is 16.7. The Hall–Kier alpha value is -1.58. The molecule has 7 nitrogen and oxygen atoms in total. The first-order valence-corrected chi connectivity index (χ1v) is 8.18. The Morgan fingerprint density at radius 3 is 2.33 bits per heavy atom. The van der Waals surface area contributed by atoms with Gasteiger partial charge in [0, 0.05) is 39.3 Å². The number of aromatic nitrogens is 1. The summed E-state index contributed by atoms with van der Waals surface area (Å²) >= 11 is 4.78. The van der Waals surface area contributed by atoms with Gasteiger partial charge in [-0.05, 0) is 12.1 Å². The van der Waals surface area contributed by atoms with E-state index in [2.05, 4.69) is 4.98 Å². The summed E-state index contributed by atoms with van der Waals surface area (Å²) in [5.74, 6) is -0.0467. The molecule has 21 heavy (non-hydrogen) atoms. The van der Waals surface area contributed by atoms with Gasteiger partial charge >= 0.3 is 0 Å². The highest BCUT2D eigenvalue weighted by Crippen LogP contribution is 2.17. The van der Waals surface area contributed by atoms with Crippen molar-refractivity contribution < 1.29 is 13.2 Å². The zero-order valence-electron chi connectivity index (χ0n) is 11.5. The minimum atomic E-state index is -3.60. The number of amides is 1. The van der Waals surface area contributed by atoms with Gasteiger partial charge in [0.2, 0.25) is 15.9 Å². The van der Waals surface area contributed by atoms with E-state index in [1.54, 1.807) is 4.90 Å². The highest BCUT2D eigenvalue weighted by atomic mass is 32.2. The standard InChI is InChI=1S/C12H16N4O3S2/c1-9(17)15-4-6-16(7-5-15)21(18,19)10-2-3-11(12(13)20)14-8-10/h2-3,8H,4-7H2,1H3,(H2,13,20). The number of piperazine rings is 1. The molecule has 2 heterocycles. The van der Waals surface area contributed by atoms with E-state index < -0.39 is 10.0 Å². The molecule has 1 amide bonds. The summed E-state index contributed by atoms with van der Waals surface area (Å²) in [5.41, 5.74) is 5.81. The van der Waals surface area contributed by atoms with Gasteiger partial charge in [0.05, 0.1) is 5.69 Å². The van der Waals surface area contributed by atoms with Crippen molar-refractivity contribution in [2.75, 3.05) is 26.2 Å². The van der Waals surface area contributed by atoms with Gasteiger partial charge in [0.25, 0.3) is 0 Å². The maximum absolute atomic E-state index is 12.5. The topological polar surface area (TPSA) is 96.6 Å². The van der Waals surface area contributed by atoms with Crippen LogP contribution in [0.4, 0.5) is 0 Å². The molecule has 9 heteroatoms. The van der Waals surface area contributed by atoms with Crippen molar-refractivity contribution in [1.29, 1.82) is 0 Å². The Bertz CT molecular complexity index is 650. The first-order valence-electron chi connectivity index (χ1n) is 6.34. The third kappa shape index (κ3) is 3.36. The molecule has 1 fully saturated rings.